The highest BCUT2D eigenvalue weighted by Crippen LogP contribution is 2.28. The molecule has 1 atom stereocenters. The smallest absolute Gasteiger partial charge is 0.247 e. The lowest BCUT2D eigenvalue weighted by Crippen LogP contribution is -2.11. The molecular weight excluding hydrogens is 398 g/mol. The number of benzene rings is 2. The molecule has 1 heterocycles. The fraction of sp³-hybridized carbons (Fsp3) is 0.0667. The first-order chi connectivity index (χ1) is 10.1. The lowest BCUT2D eigenvalue weighted by Gasteiger charge is -2.06. The Morgan fingerprint density at radius 2 is 1.62 bits per heavy atom. The van der Waals surface area contributed by atoms with E-state index in [2.05, 4.69) is 42.1 Å². The molecule has 21 heavy (non-hydrogen) atoms. The van der Waals surface area contributed by atoms with Crippen molar-refractivity contribution in [1.82, 2.24) is 10.2 Å². The minimum Gasteiger partial charge on any atom is -0.419 e. The van der Waals surface area contributed by atoms with E-state index in [0.717, 1.165) is 20.1 Å². The van der Waals surface area contributed by atoms with Crippen molar-refractivity contribution < 1.29 is 4.42 Å². The molecule has 0 aliphatic rings. The fourth-order valence-corrected chi connectivity index (χ4v) is 3.25. The highest BCUT2D eigenvalue weighted by molar-refractivity contribution is 9.11. The Balaban J connectivity index is 1.93. The van der Waals surface area contributed by atoms with Crippen LogP contribution >= 0.6 is 31.9 Å². The van der Waals surface area contributed by atoms with E-state index in [1.807, 2.05) is 48.5 Å². The lowest BCUT2D eigenvalue weighted by molar-refractivity contribution is 0.484. The third-order valence-electron chi connectivity index (χ3n) is 2.97. The van der Waals surface area contributed by atoms with E-state index in [4.69, 9.17) is 10.2 Å². The predicted octanol–water partition coefficient (Wildman–Crippen LogP) is 4.31. The van der Waals surface area contributed by atoms with Crippen LogP contribution in [0.1, 0.15) is 17.5 Å². The highest BCUT2D eigenvalue weighted by Gasteiger charge is 2.17. The monoisotopic (exact) mass is 407 g/mol. The molecule has 2 N–H and O–H groups in total. The first-order valence-corrected chi connectivity index (χ1v) is 7.82. The minimum absolute atomic E-state index is 0.396. The van der Waals surface area contributed by atoms with Crippen LogP contribution in [0, 0.1) is 0 Å². The summed E-state index contributed by atoms with van der Waals surface area (Å²) in [6.07, 6.45) is 0. The molecule has 0 aliphatic carbocycles. The van der Waals surface area contributed by atoms with Gasteiger partial charge in [-0.25, -0.2) is 0 Å². The quantitative estimate of drug-likeness (QED) is 0.701. The third-order valence-corrected chi connectivity index (χ3v) is 3.89. The molecule has 1 aromatic heterocycles. The van der Waals surface area contributed by atoms with Gasteiger partial charge in [0.25, 0.3) is 0 Å². The molecule has 0 amide bonds. The maximum absolute atomic E-state index is 6.15. The summed E-state index contributed by atoms with van der Waals surface area (Å²) in [6, 6.07) is 15.0. The standard InChI is InChI=1S/C15H11Br2N3O/c16-11-6-10(7-12(17)8-11)14-19-20-15(21-14)13(18)9-4-2-1-3-5-9/h1-8,13H,18H2. The molecule has 0 saturated carbocycles. The second-order valence-corrected chi connectivity index (χ2v) is 6.32. The number of nitrogens with two attached hydrogens (primary N) is 1. The maximum atomic E-state index is 6.15. The Labute approximate surface area is 138 Å². The number of hydrogen-bond donors (Lipinski definition) is 1. The molecule has 106 valence electrons. The van der Waals surface area contributed by atoms with E-state index in [1.165, 1.54) is 0 Å². The molecule has 4 nitrogen and oxygen atoms in total. The molecule has 6 heteroatoms. The maximum Gasteiger partial charge on any atom is 0.247 e. The topological polar surface area (TPSA) is 64.9 Å². The fourth-order valence-electron chi connectivity index (χ4n) is 1.96. The van der Waals surface area contributed by atoms with Gasteiger partial charge in [0.05, 0.1) is 0 Å². The van der Waals surface area contributed by atoms with Crippen LogP contribution in [0.3, 0.4) is 0 Å². The van der Waals surface area contributed by atoms with Crippen molar-refractivity contribution in [3.05, 3.63) is 68.9 Å². The van der Waals surface area contributed by atoms with Crippen molar-refractivity contribution >= 4 is 31.9 Å². The minimum atomic E-state index is -0.428. The van der Waals surface area contributed by atoms with Gasteiger partial charge in [0.1, 0.15) is 6.04 Å². The predicted molar refractivity (Wildman–Crippen MR) is 87.6 cm³/mol. The van der Waals surface area contributed by atoms with Gasteiger partial charge < -0.3 is 10.2 Å². The number of nitrogens with zero attached hydrogens (tertiary/aromatic N) is 2. The summed E-state index contributed by atoms with van der Waals surface area (Å²) in [5.41, 5.74) is 7.92. The van der Waals surface area contributed by atoms with Crippen LogP contribution in [-0.2, 0) is 0 Å². The summed E-state index contributed by atoms with van der Waals surface area (Å²) < 4.78 is 7.57. The van der Waals surface area contributed by atoms with Crippen molar-refractivity contribution in [3.63, 3.8) is 0 Å². The van der Waals surface area contributed by atoms with E-state index in [0.29, 0.717) is 11.8 Å². The molecule has 1 unspecified atom stereocenters. The van der Waals surface area contributed by atoms with Gasteiger partial charge in [-0.3, -0.25) is 0 Å². The van der Waals surface area contributed by atoms with E-state index in [-0.39, 0.29) is 0 Å². The molecule has 0 spiro atoms. The number of aromatic nitrogens is 2. The zero-order chi connectivity index (χ0) is 14.8. The Hall–Kier alpha value is -1.50. The largest absolute Gasteiger partial charge is 0.419 e. The van der Waals surface area contributed by atoms with Gasteiger partial charge in [-0.15, -0.1) is 10.2 Å². The van der Waals surface area contributed by atoms with Crippen molar-refractivity contribution in [1.29, 1.82) is 0 Å². The van der Waals surface area contributed by atoms with Gasteiger partial charge in [0, 0.05) is 14.5 Å². The summed E-state index contributed by atoms with van der Waals surface area (Å²) in [5, 5.41) is 8.13. The molecule has 3 rings (SSSR count). The summed E-state index contributed by atoms with van der Waals surface area (Å²) in [6.45, 7) is 0. The van der Waals surface area contributed by atoms with Crippen LogP contribution in [0.5, 0.6) is 0 Å². The average Bonchev–Trinajstić information content (AvgIpc) is 2.96. The summed E-state index contributed by atoms with van der Waals surface area (Å²) in [5.74, 6) is 0.839. The average molecular weight is 409 g/mol. The molecule has 0 radical (unpaired) electrons. The van der Waals surface area contributed by atoms with Gasteiger partial charge in [0.15, 0.2) is 0 Å². The van der Waals surface area contributed by atoms with Gasteiger partial charge in [-0.1, -0.05) is 62.2 Å². The summed E-state index contributed by atoms with van der Waals surface area (Å²) in [7, 11) is 0. The SMILES string of the molecule is NC(c1ccccc1)c1nnc(-c2cc(Br)cc(Br)c2)o1. The molecule has 0 bridgehead atoms. The lowest BCUT2D eigenvalue weighted by atomic mass is 10.1. The van der Waals surface area contributed by atoms with E-state index in [9.17, 15) is 0 Å². The number of hydrogen-bond acceptors (Lipinski definition) is 4. The van der Waals surface area contributed by atoms with Crippen molar-refractivity contribution in [3.8, 4) is 11.5 Å². The molecule has 0 aliphatic heterocycles. The Kier molecular flexibility index (Phi) is 4.19. The molecule has 0 saturated heterocycles. The Bertz CT molecular complexity index is 738. The van der Waals surface area contributed by atoms with E-state index >= 15 is 0 Å². The van der Waals surface area contributed by atoms with Gasteiger partial charge in [-0.05, 0) is 23.8 Å². The second-order valence-electron chi connectivity index (χ2n) is 4.49. The Morgan fingerprint density at radius 1 is 0.952 bits per heavy atom. The Morgan fingerprint density at radius 3 is 2.29 bits per heavy atom. The van der Waals surface area contributed by atoms with Crippen LogP contribution in [0.15, 0.2) is 61.9 Å². The van der Waals surface area contributed by atoms with Crippen LogP contribution in [0.25, 0.3) is 11.5 Å². The van der Waals surface area contributed by atoms with Crippen LogP contribution in [0.2, 0.25) is 0 Å². The van der Waals surface area contributed by atoms with Crippen molar-refractivity contribution in [2.75, 3.05) is 0 Å². The van der Waals surface area contributed by atoms with Crippen molar-refractivity contribution in [2.24, 2.45) is 5.73 Å². The first-order valence-electron chi connectivity index (χ1n) is 6.24. The van der Waals surface area contributed by atoms with Gasteiger partial charge in [-0.2, -0.15) is 0 Å². The number of halogens is 2. The van der Waals surface area contributed by atoms with Crippen molar-refractivity contribution in [2.45, 2.75) is 6.04 Å². The van der Waals surface area contributed by atoms with Gasteiger partial charge in [0.2, 0.25) is 11.8 Å². The molecule has 0 fully saturated rings. The zero-order valence-electron chi connectivity index (χ0n) is 10.8. The first kappa shape index (κ1) is 14.4. The van der Waals surface area contributed by atoms with Crippen LogP contribution in [0.4, 0.5) is 0 Å². The number of rotatable bonds is 3. The molecular formula is C15H11Br2N3O. The van der Waals surface area contributed by atoms with E-state index in [1.54, 1.807) is 0 Å². The van der Waals surface area contributed by atoms with Crippen LogP contribution < -0.4 is 5.73 Å². The molecule has 3 aromatic rings. The zero-order valence-corrected chi connectivity index (χ0v) is 14.0. The summed E-state index contributed by atoms with van der Waals surface area (Å²) in [4.78, 5) is 0. The third kappa shape index (κ3) is 3.23. The molecule has 2 aromatic carbocycles. The van der Waals surface area contributed by atoms with Gasteiger partial charge >= 0.3 is 0 Å². The summed E-state index contributed by atoms with van der Waals surface area (Å²) >= 11 is 6.88. The second kappa shape index (κ2) is 6.09. The van der Waals surface area contributed by atoms with E-state index < -0.39 is 6.04 Å². The van der Waals surface area contributed by atoms with Crippen LogP contribution in [-0.4, -0.2) is 10.2 Å². The normalized spacial score (nSPS) is 12.3. The highest BCUT2D eigenvalue weighted by atomic mass is 79.9.